The van der Waals surface area contributed by atoms with E-state index in [1.807, 2.05) is 0 Å². The Hall–Kier alpha value is -0.160. The van der Waals surface area contributed by atoms with Crippen molar-refractivity contribution in [2.75, 3.05) is 32.8 Å². The predicted octanol–water partition coefficient (Wildman–Crippen LogP) is -0.586. The molecule has 2 atom stereocenters. The number of aliphatic hydroxyl groups is 2. The highest BCUT2D eigenvalue weighted by Crippen LogP contribution is 2.07. The van der Waals surface area contributed by atoms with Crippen molar-refractivity contribution in [3.8, 4) is 0 Å². The van der Waals surface area contributed by atoms with Gasteiger partial charge in [-0.3, -0.25) is 0 Å². The second-order valence-corrected chi connectivity index (χ2v) is 4.15. The fourth-order valence-corrected chi connectivity index (χ4v) is 1.82. The molecule has 2 unspecified atom stereocenters. The molecule has 3 N–H and O–H groups in total. The van der Waals surface area contributed by atoms with Crippen molar-refractivity contribution in [2.24, 2.45) is 0 Å². The van der Waals surface area contributed by atoms with Crippen LogP contribution in [0.4, 0.5) is 0 Å². The first-order valence-corrected chi connectivity index (χ1v) is 5.47. The van der Waals surface area contributed by atoms with E-state index in [4.69, 9.17) is 10.2 Å². The minimum atomic E-state index is -0.629. The van der Waals surface area contributed by atoms with Crippen LogP contribution in [0, 0.1) is 0 Å². The Kier molecular flexibility index (Phi) is 5.40. The van der Waals surface area contributed by atoms with Crippen molar-refractivity contribution in [1.82, 2.24) is 10.2 Å². The number of rotatable bonds is 6. The maximum atomic E-state index is 9.14. The van der Waals surface area contributed by atoms with Gasteiger partial charge in [0.05, 0.1) is 12.7 Å². The van der Waals surface area contributed by atoms with Gasteiger partial charge in [0.2, 0.25) is 0 Å². The van der Waals surface area contributed by atoms with Crippen molar-refractivity contribution >= 4 is 0 Å². The van der Waals surface area contributed by atoms with Crippen LogP contribution in [0.3, 0.4) is 0 Å². The number of aliphatic hydroxyl groups excluding tert-OH is 2. The normalized spacial score (nSPS) is 22.5. The summed E-state index contributed by atoms with van der Waals surface area (Å²) in [5.41, 5.74) is 0. The lowest BCUT2D eigenvalue weighted by Gasteiger charge is -2.22. The SMILES string of the molecule is CC(CN1CCCC1)NCC(O)CO. The maximum absolute atomic E-state index is 9.14. The summed E-state index contributed by atoms with van der Waals surface area (Å²) >= 11 is 0. The molecular formula is C10H22N2O2. The Morgan fingerprint density at radius 3 is 2.57 bits per heavy atom. The maximum Gasteiger partial charge on any atom is 0.0895 e. The molecule has 84 valence electrons. The van der Waals surface area contributed by atoms with Gasteiger partial charge in [-0.2, -0.15) is 0 Å². The Morgan fingerprint density at radius 2 is 2.00 bits per heavy atom. The lowest BCUT2D eigenvalue weighted by atomic mass is 10.3. The van der Waals surface area contributed by atoms with Crippen LogP contribution in [0.1, 0.15) is 19.8 Å². The van der Waals surface area contributed by atoms with E-state index in [0.29, 0.717) is 12.6 Å². The molecule has 1 saturated heterocycles. The van der Waals surface area contributed by atoms with E-state index < -0.39 is 6.10 Å². The highest BCUT2D eigenvalue weighted by Gasteiger charge is 2.14. The molecule has 1 rings (SSSR count). The zero-order valence-corrected chi connectivity index (χ0v) is 8.95. The van der Waals surface area contributed by atoms with Crippen LogP contribution in [-0.4, -0.2) is 60.0 Å². The minimum Gasteiger partial charge on any atom is -0.394 e. The van der Waals surface area contributed by atoms with Crippen LogP contribution in [0.5, 0.6) is 0 Å². The molecule has 0 aromatic heterocycles. The van der Waals surface area contributed by atoms with Crippen molar-refractivity contribution in [1.29, 1.82) is 0 Å². The van der Waals surface area contributed by atoms with E-state index in [9.17, 15) is 0 Å². The number of nitrogens with one attached hydrogen (secondary N) is 1. The van der Waals surface area contributed by atoms with E-state index in [2.05, 4.69) is 17.1 Å². The minimum absolute atomic E-state index is 0.163. The standard InChI is InChI=1S/C10H22N2O2/c1-9(11-6-10(14)8-13)7-12-4-2-3-5-12/h9-11,13-14H,2-8H2,1H3. The third-order valence-corrected chi connectivity index (χ3v) is 2.64. The largest absolute Gasteiger partial charge is 0.394 e. The zero-order valence-electron chi connectivity index (χ0n) is 8.95. The average molecular weight is 202 g/mol. The van der Waals surface area contributed by atoms with Crippen LogP contribution in [0.25, 0.3) is 0 Å². The Balaban J connectivity index is 2.05. The quantitative estimate of drug-likeness (QED) is 0.539. The summed E-state index contributed by atoms with van der Waals surface area (Å²) in [6.07, 6.45) is 1.99. The van der Waals surface area contributed by atoms with Crippen LogP contribution in [0.2, 0.25) is 0 Å². The number of hydrogen-bond donors (Lipinski definition) is 3. The van der Waals surface area contributed by atoms with E-state index in [1.165, 1.54) is 25.9 Å². The molecule has 4 heteroatoms. The molecule has 0 amide bonds. The average Bonchev–Trinajstić information content (AvgIpc) is 2.66. The smallest absolute Gasteiger partial charge is 0.0895 e. The van der Waals surface area contributed by atoms with Crippen molar-refractivity contribution in [3.05, 3.63) is 0 Å². The summed E-state index contributed by atoms with van der Waals surface area (Å²) in [4.78, 5) is 2.43. The van der Waals surface area contributed by atoms with E-state index in [0.717, 1.165) is 6.54 Å². The molecule has 0 bridgehead atoms. The Morgan fingerprint density at radius 1 is 1.36 bits per heavy atom. The summed E-state index contributed by atoms with van der Waals surface area (Å²) < 4.78 is 0. The van der Waals surface area contributed by atoms with Crippen LogP contribution < -0.4 is 5.32 Å². The number of hydrogen-bond acceptors (Lipinski definition) is 4. The van der Waals surface area contributed by atoms with Crippen molar-refractivity contribution < 1.29 is 10.2 Å². The number of nitrogens with zero attached hydrogens (tertiary/aromatic N) is 1. The lowest BCUT2D eigenvalue weighted by Crippen LogP contribution is -2.41. The van der Waals surface area contributed by atoms with Gasteiger partial charge in [-0.1, -0.05) is 0 Å². The first kappa shape index (κ1) is 11.9. The summed E-state index contributed by atoms with van der Waals surface area (Å²) in [6, 6.07) is 0.384. The lowest BCUT2D eigenvalue weighted by molar-refractivity contribution is 0.0910. The Labute approximate surface area is 85.9 Å². The van der Waals surface area contributed by atoms with Gasteiger partial charge in [0.1, 0.15) is 0 Å². The van der Waals surface area contributed by atoms with E-state index in [1.54, 1.807) is 0 Å². The molecule has 0 aromatic rings. The molecule has 4 nitrogen and oxygen atoms in total. The van der Waals surface area contributed by atoms with Crippen LogP contribution in [0.15, 0.2) is 0 Å². The van der Waals surface area contributed by atoms with Crippen molar-refractivity contribution in [2.45, 2.75) is 31.9 Å². The summed E-state index contributed by atoms with van der Waals surface area (Å²) in [7, 11) is 0. The third kappa shape index (κ3) is 4.37. The van der Waals surface area contributed by atoms with Crippen LogP contribution in [-0.2, 0) is 0 Å². The van der Waals surface area contributed by atoms with E-state index in [-0.39, 0.29) is 6.61 Å². The highest BCUT2D eigenvalue weighted by atomic mass is 16.3. The van der Waals surface area contributed by atoms with Gasteiger partial charge in [-0.25, -0.2) is 0 Å². The summed E-state index contributed by atoms with van der Waals surface area (Å²) in [5.74, 6) is 0. The Bertz CT molecular complexity index is 149. The van der Waals surface area contributed by atoms with Gasteiger partial charge in [0, 0.05) is 19.1 Å². The molecule has 1 aliphatic heterocycles. The molecule has 0 saturated carbocycles. The fourth-order valence-electron chi connectivity index (χ4n) is 1.82. The van der Waals surface area contributed by atoms with E-state index >= 15 is 0 Å². The summed E-state index contributed by atoms with van der Waals surface area (Å²) in [5, 5.41) is 21.0. The number of likely N-dealkylation sites (tertiary alicyclic amines) is 1. The van der Waals surface area contributed by atoms with Crippen molar-refractivity contribution in [3.63, 3.8) is 0 Å². The van der Waals surface area contributed by atoms with Gasteiger partial charge in [0.15, 0.2) is 0 Å². The predicted molar refractivity (Wildman–Crippen MR) is 56.2 cm³/mol. The molecule has 0 radical (unpaired) electrons. The second-order valence-electron chi connectivity index (χ2n) is 4.15. The fraction of sp³-hybridized carbons (Fsp3) is 1.00. The van der Waals surface area contributed by atoms with Gasteiger partial charge in [0.25, 0.3) is 0 Å². The monoisotopic (exact) mass is 202 g/mol. The van der Waals surface area contributed by atoms with Gasteiger partial charge in [-0.05, 0) is 32.9 Å². The first-order chi connectivity index (χ1) is 6.72. The topological polar surface area (TPSA) is 55.7 Å². The molecule has 0 spiro atoms. The molecule has 0 aromatic carbocycles. The molecule has 1 heterocycles. The van der Waals surface area contributed by atoms with Crippen LogP contribution >= 0.6 is 0 Å². The zero-order chi connectivity index (χ0) is 10.4. The first-order valence-electron chi connectivity index (χ1n) is 5.47. The van der Waals surface area contributed by atoms with Gasteiger partial charge in [-0.15, -0.1) is 0 Å². The molecule has 0 aliphatic carbocycles. The molecular weight excluding hydrogens is 180 g/mol. The molecule has 1 aliphatic rings. The third-order valence-electron chi connectivity index (χ3n) is 2.64. The second kappa shape index (κ2) is 6.35. The molecule has 14 heavy (non-hydrogen) atoms. The highest BCUT2D eigenvalue weighted by molar-refractivity contribution is 4.73. The van der Waals surface area contributed by atoms with Gasteiger partial charge < -0.3 is 20.4 Å². The summed E-state index contributed by atoms with van der Waals surface area (Å²) in [6.45, 7) is 5.87. The molecule has 1 fully saturated rings. The van der Waals surface area contributed by atoms with Gasteiger partial charge >= 0.3 is 0 Å².